The van der Waals surface area contributed by atoms with Crippen molar-refractivity contribution in [2.24, 2.45) is 11.8 Å². The van der Waals surface area contributed by atoms with Gasteiger partial charge in [0, 0.05) is 12.6 Å². The molecule has 0 aromatic heterocycles. The van der Waals surface area contributed by atoms with Crippen molar-refractivity contribution in [1.82, 2.24) is 5.32 Å². The summed E-state index contributed by atoms with van der Waals surface area (Å²) in [4.78, 5) is 0. The molecule has 2 atom stereocenters. The van der Waals surface area contributed by atoms with E-state index >= 15 is 0 Å². The maximum Gasteiger partial charge on any atom is 0.0325 e. The molecule has 0 aliphatic carbocycles. The third-order valence-electron chi connectivity index (χ3n) is 3.88. The summed E-state index contributed by atoms with van der Waals surface area (Å²) in [6.45, 7) is 10.4. The molecule has 0 saturated carbocycles. The highest BCUT2D eigenvalue weighted by molar-refractivity contribution is 5.35. The summed E-state index contributed by atoms with van der Waals surface area (Å²) in [5.74, 6) is 2.22. The zero-order chi connectivity index (χ0) is 13.1. The van der Waals surface area contributed by atoms with E-state index in [1.54, 1.807) is 11.1 Å². The number of nitrogens with one attached hydrogen (secondary N) is 1. The van der Waals surface area contributed by atoms with E-state index in [4.69, 9.17) is 0 Å². The molecule has 18 heavy (non-hydrogen) atoms. The quantitative estimate of drug-likeness (QED) is 0.823. The van der Waals surface area contributed by atoms with Gasteiger partial charge in [0.1, 0.15) is 0 Å². The van der Waals surface area contributed by atoms with Gasteiger partial charge in [-0.3, -0.25) is 0 Å². The van der Waals surface area contributed by atoms with Crippen molar-refractivity contribution in [2.45, 2.75) is 52.5 Å². The summed E-state index contributed by atoms with van der Waals surface area (Å²) in [6, 6.07) is 9.61. The zero-order valence-electron chi connectivity index (χ0n) is 12.2. The zero-order valence-corrected chi connectivity index (χ0v) is 12.2. The second kappa shape index (κ2) is 5.88. The first-order valence-corrected chi connectivity index (χ1v) is 7.40. The summed E-state index contributed by atoms with van der Waals surface area (Å²) in [6.07, 6.45) is 2.53. The summed E-state index contributed by atoms with van der Waals surface area (Å²) in [5, 5.41) is 3.76. The molecule has 0 bridgehead atoms. The molecule has 2 unspecified atom stereocenters. The highest BCUT2D eigenvalue weighted by Gasteiger charge is 2.26. The largest absolute Gasteiger partial charge is 0.309 e. The van der Waals surface area contributed by atoms with Gasteiger partial charge in [-0.1, -0.05) is 52.0 Å². The minimum Gasteiger partial charge on any atom is -0.309 e. The summed E-state index contributed by atoms with van der Waals surface area (Å²) in [5.41, 5.74) is 3.14. The van der Waals surface area contributed by atoms with Gasteiger partial charge in [0.15, 0.2) is 0 Å². The predicted octanol–water partition coefficient (Wildman–Crippen LogP) is 4.51. The average Bonchev–Trinajstić information content (AvgIpc) is 2.31. The van der Waals surface area contributed by atoms with Crippen LogP contribution in [0.2, 0.25) is 0 Å². The van der Waals surface area contributed by atoms with E-state index in [2.05, 4.69) is 57.3 Å². The van der Waals surface area contributed by atoms with Crippen molar-refractivity contribution in [2.75, 3.05) is 6.54 Å². The molecule has 1 heteroatoms. The van der Waals surface area contributed by atoms with Crippen LogP contribution in [0.5, 0.6) is 0 Å². The van der Waals surface area contributed by atoms with E-state index in [0.29, 0.717) is 12.0 Å². The van der Waals surface area contributed by atoms with Crippen LogP contribution in [-0.2, 0) is 0 Å². The fraction of sp³-hybridized carbons (Fsp3) is 0.647. The Hall–Kier alpha value is -0.820. The lowest BCUT2D eigenvalue weighted by Gasteiger charge is -2.34. The lowest BCUT2D eigenvalue weighted by atomic mass is 9.80. The average molecular weight is 245 g/mol. The van der Waals surface area contributed by atoms with Gasteiger partial charge in [-0.15, -0.1) is 0 Å². The molecular formula is C17H27N. The molecule has 0 spiro atoms. The topological polar surface area (TPSA) is 12.0 Å². The van der Waals surface area contributed by atoms with Gasteiger partial charge in [-0.05, 0) is 41.7 Å². The number of hydrogen-bond donors (Lipinski definition) is 1. The number of rotatable bonds is 4. The van der Waals surface area contributed by atoms with E-state index in [-0.39, 0.29) is 0 Å². The van der Waals surface area contributed by atoms with Gasteiger partial charge in [-0.25, -0.2) is 0 Å². The second-order valence-electron chi connectivity index (χ2n) is 6.55. The third kappa shape index (κ3) is 3.14. The van der Waals surface area contributed by atoms with Crippen molar-refractivity contribution in [3.63, 3.8) is 0 Å². The minimum absolute atomic E-state index is 0.560. The first-order valence-electron chi connectivity index (χ1n) is 7.40. The van der Waals surface area contributed by atoms with E-state index in [1.165, 1.54) is 12.8 Å². The van der Waals surface area contributed by atoms with Gasteiger partial charge >= 0.3 is 0 Å². The molecular weight excluding hydrogens is 218 g/mol. The van der Waals surface area contributed by atoms with Crippen molar-refractivity contribution in [3.8, 4) is 0 Å². The lowest BCUT2D eigenvalue weighted by molar-refractivity contribution is 0.365. The highest BCUT2D eigenvalue weighted by Crippen LogP contribution is 2.36. The molecule has 0 radical (unpaired) electrons. The molecule has 1 N–H and O–H groups in total. The van der Waals surface area contributed by atoms with Gasteiger partial charge in [0.25, 0.3) is 0 Å². The molecule has 0 amide bonds. The van der Waals surface area contributed by atoms with Crippen LogP contribution in [0, 0.1) is 11.8 Å². The lowest BCUT2D eigenvalue weighted by Crippen LogP contribution is -2.34. The summed E-state index contributed by atoms with van der Waals surface area (Å²) >= 11 is 0. The van der Waals surface area contributed by atoms with E-state index < -0.39 is 0 Å². The Labute approximate surface area is 112 Å². The smallest absolute Gasteiger partial charge is 0.0325 e. The normalized spacial score (nSPS) is 23.4. The van der Waals surface area contributed by atoms with Crippen molar-refractivity contribution >= 4 is 0 Å². The molecule has 1 aliphatic heterocycles. The Morgan fingerprint density at radius 3 is 2.22 bits per heavy atom. The fourth-order valence-corrected chi connectivity index (χ4v) is 3.17. The summed E-state index contributed by atoms with van der Waals surface area (Å²) < 4.78 is 0. The first kappa shape index (κ1) is 13.6. The number of fused-ring (bicyclic) bond motifs is 1. The molecule has 0 saturated heterocycles. The first-order chi connectivity index (χ1) is 8.58. The molecule has 0 fully saturated rings. The molecule has 1 heterocycles. The SMILES string of the molecule is CC(C)CC1CNC(CC(C)C)c2ccccc21. The van der Waals surface area contributed by atoms with Crippen LogP contribution >= 0.6 is 0 Å². The van der Waals surface area contributed by atoms with Gasteiger partial charge in [0.2, 0.25) is 0 Å². The summed E-state index contributed by atoms with van der Waals surface area (Å²) in [7, 11) is 0. The number of hydrogen-bond acceptors (Lipinski definition) is 1. The Balaban J connectivity index is 2.22. The van der Waals surface area contributed by atoms with Crippen LogP contribution in [0.4, 0.5) is 0 Å². The number of benzene rings is 1. The highest BCUT2D eigenvalue weighted by atomic mass is 14.9. The Bertz CT molecular complexity index is 344. The molecule has 1 aliphatic rings. The van der Waals surface area contributed by atoms with E-state index in [0.717, 1.165) is 18.4 Å². The predicted molar refractivity (Wildman–Crippen MR) is 78.8 cm³/mol. The molecule has 1 aromatic carbocycles. The van der Waals surface area contributed by atoms with Gasteiger partial charge < -0.3 is 5.32 Å². The van der Waals surface area contributed by atoms with Crippen molar-refractivity contribution in [1.29, 1.82) is 0 Å². The van der Waals surface area contributed by atoms with Gasteiger partial charge in [0.05, 0.1) is 0 Å². The van der Waals surface area contributed by atoms with Crippen LogP contribution in [-0.4, -0.2) is 6.54 Å². The van der Waals surface area contributed by atoms with Crippen LogP contribution in [0.15, 0.2) is 24.3 Å². The van der Waals surface area contributed by atoms with Crippen LogP contribution in [0.1, 0.15) is 63.6 Å². The van der Waals surface area contributed by atoms with Crippen LogP contribution < -0.4 is 5.32 Å². The fourth-order valence-electron chi connectivity index (χ4n) is 3.17. The van der Waals surface area contributed by atoms with Crippen LogP contribution in [0.3, 0.4) is 0 Å². The minimum atomic E-state index is 0.560. The van der Waals surface area contributed by atoms with Crippen molar-refractivity contribution < 1.29 is 0 Å². The Morgan fingerprint density at radius 2 is 1.61 bits per heavy atom. The molecule has 100 valence electrons. The Kier molecular flexibility index (Phi) is 4.45. The Morgan fingerprint density at radius 1 is 1.00 bits per heavy atom. The van der Waals surface area contributed by atoms with Gasteiger partial charge in [-0.2, -0.15) is 0 Å². The van der Waals surface area contributed by atoms with E-state index in [9.17, 15) is 0 Å². The standard InChI is InChI=1S/C17H27N/c1-12(2)9-14-11-18-17(10-13(3)4)16-8-6-5-7-15(14)16/h5-8,12-14,17-18H,9-11H2,1-4H3. The third-order valence-corrected chi connectivity index (χ3v) is 3.88. The monoisotopic (exact) mass is 245 g/mol. The second-order valence-corrected chi connectivity index (χ2v) is 6.55. The molecule has 1 nitrogen and oxygen atoms in total. The maximum atomic E-state index is 3.76. The maximum absolute atomic E-state index is 3.76. The van der Waals surface area contributed by atoms with Crippen LogP contribution in [0.25, 0.3) is 0 Å². The molecule has 2 rings (SSSR count). The molecule has 1 aromatic rings. The van der Waals surface area contributed by atoms with E-state index in [1.807, 2.05) is 0 Å². The van der Waals surface area contributed by atoms with Crippen molar-refractivity contribution in [3.05, 3.63) is 35.4 Å².